The fraction of sp³-hybridized carbons (Fsp3) is 0.914. The Hall–Kier alpha value is -1.56. The molecule has 314 valence electrons. The van der Waals surface area contributed by atoms with Crippen LogP contribution >= 0.6 is 11.8 Å². The van der Waals surface area contributed by atoms with Crippen molar-refractivity contribution in [3.8, 4) is 0 Å². The van der Waals surface area contributed by atoms with E-state index in [1.165, 1.54) is 18.8 Å². The first-order chi connectivity index (χ1) is 25.7. The zero-order valence-electron chi connectivity index (χ0n) is 31.2. The molecule has 54 heavy (non-hydrogen) atoms. The topological polar surface area (TPSA) is 323 Å². The molecule has 18 nitrogen and oxygen atoms in total. The van der Waals surface area contributed by atoms with Gasteiger partial charge in [-0.2, -0.15) is 11.8 Å². The first kappa shape index (κ1) is 46.8. The van der Waals surface area contributed by atoms with Crippen LogP contribution in [0.3, 0.4) is 0 Å². The molecule has 3 aliphatic rings. The van der Waals surface area contributed by atoms with Gasteiger partial charge in [-0.1, -0.05) is 0 Å². The molecule has 0 saturated heterocycles. The Morgan fingerprint density at radius 2 is 1.13 bits per heavy atom. The zero-order chi connectivity index (χ0) is 39.9. The summed E-state index contributed by atoms with van der Waals surface area (Å²) in [6.45, 7) is 0.117. The summed E-state index contributed by atoms with van der Waals surface area (Å²) in [5, 5.41) is 78.2. The third kappa shape index (κ3) is 13.8. The molecule has 0 bridgehead atoms. The minimum Gasteiger partial charge on any atom is -0.396 e. The Balaban J connectivity index is 1.37. The van der Waals surface area contributed by atoms with E-state index in [1.807, 2.05) is 0 Å². The number of nitrogens with one attached hydrogen (secondary N) is 2. The van der Waals surface area contributed by atoms with E-state index in [-0.39, 0.29) is 75.4 Å². The highest BCUT2D eigenvalue weighted by molar-refractivity contribution is 7.99. The summed E-state index contributed by atoms with van der Waals surface area (Å²) in [6.07, 6.45) is -6.07. The maximum absolute atomic E-state index is 12.3. The van der Waals surface area contributed by atoms with Gasteiger partial charge in [0, 0.05) is 63.8 Å². The normalized spacial score (nSPS) is 37.1. The third-order valence-electron chi connectivity index (χ3n) is 11.0. The van der Waals surface area contributed by atoms with E-state index in [9.17, 15) is 50.1 Å². The van der Waals surface area contributed by atoms with E-state index in [4.69, 9.17) is 31.4 Å². The molecule has 15 atom stereocenters. The highest BCUT2D eigenvalue weighted by Gasteiger charge is 2.47. The molecular weight excluding hydrogens is 730 g/mol. The first-order valence-corrected chi connectivity index (χ1v) is 20.2. The SMILES string of the molecule is CNC(=O)CCNC(=O)CSCCCC(=O)CCCCOC1CC(COC2CC(COC3CC(CO)C(O)C(O)C3N)C(O)C(O)C2N)C(O)C(O)C1N. The lowest BCUT2D eigenvalue weighted by Gasteiger charge is -2.44. The van der Waals surface area contributed by atoms with Crippen LogP contribution in [0.4, 0.5) is 0 Å². The first-order valence-electron chi connectivity index (χ1n) is 19.1. The summed E-state index contributed by atoms with van der Waals surface area (Å²) in [5.41, 5.74) is 18.5. The number of thioether (sulfide) groups is 1. The quantitative estimate of drug-likeness (QED) is 0.0463. The Labute approximate surface area is 321 Å². The molecule has 2 amide bonds. The highest BCUT2D eigenvalue weighted by atomic mass is 32.2. The zero-order valence-corrected chi connectivity index (χ0v) is 32.0. The van der Waals surface area contributed by atoms with Crippen molar-refractivity contribution < 1.29 is 64.3 Å². The number of Topliss-reactive ketones (excluding diaryl/α,β-unsaturated/α-hetero) is 1. The van der Waals surface area contributed by atoms with Crippen molar-refractivity contribution in [1.29, 1.82) is 0 Å². The van der Waals surface area contributed by atoms with Crippen molar-refractivity contribution in [2.45, 2.75) is 131 Å². The number of aliphatic hydroxyl groups is 7. The predicted molar refractivity (Wildman–Crippen MR) is 198 cm³/mol. The lowest BCUT2D eigenvalue weighted by atomic mass is 9.78. The summed E-state index contributed by atoms with van der Waals surface area (Å²) in [5.74, 6) is -1.07. The van der Waals surface area contributed by atoms with Gasteiger partial charge in [-0.3, -0.25) is 14.4 Å². The van der Waals surface area contributed by atoms with Crippen LogP contribution in [-0.4, -0.2) is 178 Å². The van der Waals surface area contributed by atoms with Crippen LogP contribution in [-0.2, 0) is 28.6 Å². The molecule has 0 heterocycles. The Morgan fingerprint density at radius 1 is 0.648 bits per heavy atom. The lowest BCUT2D eigenvalue weighted by Crippen LogP contribution is -2.62. The Morgan fingerprint density at radius 3 is 1.65 bits per heavy atom. The number of aliphatic hydroxyl groups excluding tert-OH is 7. The van der Waals surface area contributed by atoms with Gasteiger partial charge >= 0.3 is 0 Å². The van der Waals surface area contributed by atoms with E-state index >= 15 is 0 Å². The fourth-order valence-corrected chi connectivity index (χ4v) is 8.10. The molecule has 3 rings (SSSR count). The number of ketones is 1. The van der Waals surface area contributed by atoms with Crippen molar-refractivity contribution in [2.24, 2.45) is 35.0 Å². The van der Waals surface area contributed by atoms with Crippen LogP contribution in [0.15, 0.2) is 0 Å². The number of hydrogen-bond donors (Lipinski definition) is 12. The number of carbonyl (C=O) groups is 3. The van der Waals surface area contributed by atoms with Gasteiger partial charge in [-0.15, -0.1) is 0 Å². The number of nitrogens with two attached hydrogens (primary N) is 3. The highest BCUT2D eigenvalue weighted by Crippen LogP contribution is 2.33. The number of ether oxygens (including phenoxy) is 3. The van der Waals surface area contributed by atoms with Crippen molar-refractivity contribution in [1.82, 2.24) is 10.6 Å². The van der Waals surface area contributed by atoms with E-state index in [0.29, 0.717) is 44.5 Å². The van der Waals surface area contributed by atoms with E-state index < -0.39 is 90.8 Å². The lowest BCUT2D eigenvalue weighted by molar-refractivity contribution is -0.167. The van der Waals surface area contributed by atoms with Gasteiger partial charge < -0.3 is 77.8 Å². The number of unbranched alkanes of at least 4 members (excludes halogenated alkanes) is 1. The van der Waals surface area contributed by atoms with Crippen molar-refractivity contribution >= 4 is 29.4 Å². The summed E-state index contributed by atoms with van der Waals surface area (Å²) < 4.78 is 18.0. The predicted octanol–water partition coefficient (Wildman–Crippen LogP) is -4.15. The smallest absolute Gasteiger partial charge is 0.230 e. The molecule has 0 aromatic rings. The molecule has 3 aliphatic carbocycles. The fourth-order valence-electron chi connectivity index (χ4n) is 7.32. The van der Waals surface area contributed by atoms with Crippen molar-refractivity contribution in [2.75, 3.05) is 51.5 Å². The molecule has 0 spiro atoms. The van der Waals surface area contributed by atoms with Crippen LogP contribution in [0.5, 0.6) is 0 Å². The van der Waals surface area contributed by atoms with Crippen LogP contribution in [0.25, 0.3) is 0 Å². The van der Waals surface area contributed by atoms with Crippen LogP contribution < -0.4 is 27.8 Å². The van der Waals surface area contributed by atoms with Gasteiger partial charge in [0.25, 0.3) is 0 Å². The number of hydrogen-bond acceptors (Lipinski definition) is 17. The van der Waals surface area contributed by atoms with Gasteiger partial charge in [-0.05, 0) is 44.3 Å². The second-order valence-electron chi connectivity index (χ2n) is 14.9. The summed E-state index contributed by atoms with van der Waals surface area (Å²) >= 11 is 1.44. The van der Waals surface area contributed by atoms with Gasteiger partial charge in [0.2, 0.25) is 11.8 Å². The maximum atomic E-state index is 12.3. The second kappa shape index (κ2) is 23.6. The molecule has 0 aromatic heterocycles. The molecule has 0 aliphatic heterocycles. The summed E-state index contributed by atoms with van der Waals surface area (Å²) in [4.78, 5) is 35.3. The largest absolute Gasteiger partial charge is 0.396 e. The van der Waals surface area contributed by atoms with Gasteiger partial charge in [-0.25, -0.2) is 0 Å². The number of amides is 2. The average Bonchev–Trinajstić information content (AvgIpc) is 3.15. The van der Waals surface area contributed by atoms with Crippen molar-refractivity contribution in [3.63, 3.8) is 0 Å². The van der Waals surface area contributed by atoms with E-state index in [2.05, 4.69) is 10.6 Å². The molecule has 0 aromatic carbocycles. The van der Waals surface area contributed by atoms with E-state index in [1.54, 1.807) is 0 Å². The summed E-state index contributed by atoms with van der Waals surface area (Å²) in [7, 11) is 1.54. The summed E-state index contributed by atoms with van der Waals surface area (Å²) in [6, 6.07) is -2.72. The van der Waals surface area contributed by atoms with Crippen LogP contribution in [0.1, 0.15) is 57.8 Å². The third-order valence-corrected chi connectivity index (χ3v) is 12.0. The van der Waals surface area contributed by atoms with Crippen molar-refractivity contribution in [3.05, 3.63) is 0 Å². The van der Waals surface area contributed by atoms with Gasteiger partial charge in [0.1, 0.15) is 5.78 Å². The minimum absolute atomic E-state index is 0.0372. The standard InChI is InChI=1S/C35H65N5O13S/c1-39-25(43)7-8-40-26(44)17-54-10-4-6-21(42)5-2-3-9-51-22-12-19(31(46)34(49)27(22)36)15-53-24-13-20(32(47)35(50)29(24)38)16-52-23-11-18(14-41)30(45)33(48)28(23)37/h18-20,22-24,27-35,41,45-50H,2-17,36-38H2,1H3,(H,39,43)(H,40,44). The molecule has 15 unspecified atom stereocenters. The monoisotopic (exact) mass is 795 g/mol. The molecule has 0 radical (unpaired) electrons. The molecule has 15 N–H and O–H groups in total. The molecule has 3 saturated carbocycles. The maximum Gasteiger partial charge on any atom is 0.230 e. The second-order valence-corrected chi connectivity index (χ2v) is 16.0. The number of rotatable bonds is 22. The Bertz CT molecular complexity index is 1150. The number of carbonyl (C=O) groups excluding carboxylic acids is 3. The average molecular weight is 796 g/mol. The Kier molecular flexibility index (Phi) is 20.5. The van der Waals surface area contributed by atoms with Gasteiger partial charge in [0.05, 0.1) is 92.0 Å². The molecule has 19 heteroatoms. The minimum atomic E-state index is -1.35. The van der Waals surface area contributed by atoms with Gasteiger partial charge in [0.15, 0.2) is 0 Å². The van der Waals surface area contributed by atoms with Crippen LogP contribution in [0, 0.1) is 17.8 Å². The molecular formula is C35H65N5O13S. The van der Waals surface area contributed by atoms with E-state index in [0.717, 1.165) is 0 Å². The van der Waals surface area contributed by atoms with Crippen LogP contribution in [0.2, 0.25) is 0 Å². The molecule has 3 fully saturated rings.